The van der Waals surface area contributed by atoms with Crippen LogP contribution in [-0.2, 0) is 0 Å². The summed E-state index contributed by atoms with van der Waals surface area (Å²) in [6.07, 6.45) is 0. The molecular formula is C51H35N3. The van der Waals surface area contributed by atoms with Crippen molar-refractivity contribution >= 4 is 0 Å². The fourth-order valence-corrected chi connectivity index (χ4v) is 7.04. The molecule has 0 amide bonds. The van der Waals surface area contributed by atoms with E-state index in [0.29, 0.717) is 17.5 Å². The van der Waals surface area contributed by atoms with Crippen LogP contribution < -0.4 is 0 Å². The molecule has 0 N–H and O–H groups in total. The zero-order valence-corrected chi connectivity index (χ0v) is 29.5. The molecule has 0 aliphatic rings. The molecule has 1 heterocycles. The highest BCUT2D eigenvalue weighted by Crippen LogP contribution is 2.38. The van der Waals surface area contributed by atoms with E-state index in [1.54, 1.807) is 0 Å². The van der Waals surface area contributed by atoms with Crippen molar-refractivity contribution in [1.82, 2.24) is 15.0 Å². The summed E-state index contributed by atoms with van der Waals surface area (Å²) < 4.78 is 0. The maximum Gasteiger partial charge on any atom is 0.164 e. The van der Waals surface area contributed by atoms with Gasteiger partial charge in [0.2, 0.25) is 0 Å². The van der Waals surface area contributed by atoms with Gasteiger partial charge in [-0.25, -0.2) is 15.0 Å². The Morgan fingerprint density at radius 2 is 0.519 bits per heavy atom. The van der Waals surface area contributed by atoms with Gasteiger partial charge in [0.25, 0.3) is 0 Å². The zero-order chi connectivity index (χ0) is 36.1. The Morgan fingerprint density at radius 1 is 0.185 bits per heavy atom. The molecular weight excluding hydrogens is 655 g/mol. The SMILES string of the molecule is c1ccc(-c2cccc(-c3nc(-c4ccc(-c5ccccc5)c(-c5ccccc5)c4)nc(-c4ccc(-c5ccccc5)cc4-c4ccccc4)n3)c2)cc1. The van der Waals surface area contributed by atoms with Crippen molar-refractivity contribution < 1.29 is 0 Å². The van der Waals surface area contributed by atoms with Crippen molar-refractivity contribution in [2.45, 2.75) is 0 Å². The van der Waals surface area contributed by atoms with Crippen LogP contribution in [-0.4, -0.2) is 15.0 Å². The van der Waals surface area contributed by atoms with Crippen LogP contribution in [0.2, 0.25) is 0 Å². The molecule has 9 aromatic rings. The molecule has 3 heteroatoms. The predicted molar refractivity (Wildman–Crippen MR) is 223 cm³/mol. The summed E-state index contributed by atoms with van der Waals surface area (Å²) in [6.45, 7) is 0. The van der Waals surface area contributed by atoms with Crippen LogP contribution in [0.4, 0.5) is 0 Å². The van der Waals surface area contributed by atoms with Crippen LogP contribution in [0.5, 0.6) is 0 Å². The van der Waals surface area contributed by atoms with Gasteiger partial charge in [0, 0.05) is 16.7 Å². The molecule has 9 rings (SSSR count). The molecule has 0 atom stereocenters. The average Bonchev–Trinajstić information content (AvgIpc) is 3.27. The van der Waals surface area contributed by atoms with Gasteiger partial charge in [-0.3, -0.25) is 0 Å². The number of hydrogen-bond donors (Lipinski definition) is 0. The first-order valence-corrected chi connectivity index (χ1v) is 18.2. The van der Waals surface area contributed by atoms with E-state index in [1.807, 2.05) is 18.2 Å². The molecule has 0 fully saturated rings. The lowest BCUT2D eigenvalue weighted by Crippen LogP contribution is -2.02. The number of benzene rings is 8. The van der Waals surface area contributed by atoms with Gasteiger partial charge >= 0.3 is 0 Å². The van der Waals surface area contributed by atoms with Gasteiger partial charge in [-0.15, -0.1) is 0 Å². The first-order valence-electron chi connectivity index (χ1n) is 18.2. The zero-order valence-electron chi connectivity index (χ0n) is 29.5. The molecule has 54 heavy (non-hydrogen) atoms. The van der Waals surface area contributed by atoms with Crippen LogP contribution in [0.25, 0.3) is 89.8 Å². The van der Waals surface area contributed by atoms with Crippen LogP contribution in [0.15, 0.2) is 212 Å². The van der Waals surface area contributed by atoms with Gasteiger partial charge in [-0.2, -0.15) is 0 Å². The lowest BCUT2D eigenvalue weighted by molar-refractivity contribution is 1.07. The van der Waals surface area contributed by atoms with Crippen LogP contribution in [0.1, 0.15) is 0 Å². The largest absolute Gasteiger partial charge is 0.208 e. The normalized spacial score (nSPS) is 11.0. The summed E-state index contributed by atoms with van der Waals surface area (Å²) in [5.74, 6) is 1.85. The topological polar surface area (TPSA) is 38.7 Å². The van der Waals surface area contributed by atoms with Gasteiger partial charge in [-0.1, -0.05) is 188 Å². The van der Waals surface area contributed by atoms with Crippen molar-refractivity contribution in [3.63, 3.8) is 0 Å². The van der Waals surface area contributed by atoms with E-state index in [0.717, 1.165) is 72.3 Å². The molecule has 0 bridgehead atoms. The van der Waals surface area contributed by atoms with Gasteiger partial charge < -0.3 is 0 Å². The summed E-state index contributed by atoms with van der Waals surface area (Å²) >= 11 is 0. The highest BCUT2D eigenvalue weighted by Gasteiger charge is 2.19. The third-order valence-electron chi connectivity index (χ3n) is 9.76. The minimum atomic E-state index is 0.614. The molecule has 8 aromatic carbocycles. The molecule has 1 aromatic heterocycles. The Balaban J connectivity index is 1.27. The highest BCUT2D eigenvalue weighted by atomic mass is 15.0. The van der Waals surface area contributed by atoms with E-state index >= 15 is 0 Å². The minimum absolute atomic E-state index is 0.614. The van der Waals surface area contributed by atoms with Crippen LogP contribution >= 0.6 is 0 Å². The van der Waals surface area contributed by atoms with E-state index in [2.05, 4.69) is 194 Å². The summed E-state index contributed by atoms with van der Waals surface area (Å²) in [5.41, 5.74) is 14.0. The molecule has 0 radical (unpaired) electrons. The number of nitrogens with zero attached hydrogens (tertiary/aromatic N) is 3. The third-order valence-corrected chi connectivity index (χ3v) is 9.76. The first-order chi connectivity index (χ1) is 26.8. The smallest absolute Gasteiger partial charge is 0.164 e. The fourth-order valence-electron chi connectivity index (χ4n) is 7.04. The molecule has 3 nitrogen and oxygen atoms in total. The van der Waals surface area contributed by atoms with Crippen molar-refractivity contribution in [3.05, 3.63) is 212 Å². The molecule has 0 saturated heterocycles. The van der Waals surface area contributed by atoms with Gasteiger partial charge in [0.15, 0.2) is 17.5 Å². The van der Waals surface area contributed by atoms with Gasteiger partial charge in [0.05, 0.1) is 0 Å². The minimum Gasteiger partial charge on any atom is -0.208 e. The molecule has 0 spiro atoms. The summed E-state index contributed by atoms with van der Waals surface area (Å²) in [4.78, 5) is 15.7. The van der Waals surface area contributed by atoms with Crippen molar-refractivity contribution in [2.24, 2.45) is 0 Å². The Hall–Kier alpha value is -7.23. The Morgan fingerprint density at radius 3 is 1.06 bits per heavy atom. The lowest BCUT2D eigenvalue weighted by Gasteiger charge is -2.15. The Bertz CT molecular complexity index is 2680. The van der Waals surface area contributed by atoms with Crippen molar-refractivity contribution in [1.29, 1.82) is 0 Å². The fraction of sp³-hybridized carbons (Fsp3) is 0. The maximum absolute atomic E-state index is 5.28. The number of aromatic nitrogens is 3. The second-order valence-corrected chi connectivity index (χ2v) is 13.2. The summed E-state index contributed by atoms with van der Waals surface area (Å²) in [6, 6.07) is 74.1. The molecule has 0 unspecified atom stereocenters. The number of hydrogen-bond acceptors (Lipinski definition) is 3. The Labute approximate surface area is 316 Å². The molecule has 0 aliphatic carbocycles. The van der Waals surface area contributed by atoms with Gasteiger partial charge in [0.1, 0.15) is 0 Å². The first kappa shape index (κ1) is 32.7. The molecule has 0 aliphatic heterocycles. The van der Waals surface area contributed by atoms with E-state index in [-0.39, 0.29) is 0 Å². The Kier molecular flexibility index (Phi) is 8.94. The van der Waals surface area contributed by atoms with E-state index in [1.165, 1.54) is 0 Å². The monoisotopic (exact) mass is 689 g/mol. The lowest BCUT2D eigenvalue weighted by atomic mass is 9.92. The standard InChI is InChI=1S/C51H35N3/c1-6-17-36(18-7-1)41-27-16-28-43(33-41)49-52-50(44-30-31-45(38-21-10-3-11-22-38)47(35-44)39-23-12-4-13-24-39)54-51(53-49)46-32-29-42(37-19-8-2-9-20-37)34-48(46)40-25-14-5-15-26-40/h1-35H. The highest BCUT2D eigenvalue weighted by molar-refractivity contribution is 5.88. The van der Waals surface area contributed by atoms with Gasteiger partial charge in [-0.05, 0) is 79.9 Å². The second kappa shape index (κ2) is 14.8. The summed E-state index contributed by atoms with van der Waals surface area (Å²) in [5, 5.41) is 0. The average molecular weight is 690 g/mol. The van der Waals surface area contributed by atoms with Crippen molar-refractivity contribution in [3.8, 4) is 89.8 Å². The molecule has 254 valence electrons. The predicted octanol–water partition coefficient (Wildman–Crippen LogP) is 13.2. The van der Waals surface area contributed by atoms with E-state index < -0.39 is 0 Å². The van der Waals surface area contributed by atoms with Crippen LogP contribution in [0.3, 0.4) is 0 Å². The van der Waals surface area contributed by atoms with Crippen molar-refractivity contribution in [2.75, 3.05) is 0 Å². The second-order valence-electron chi connectivity index (χ2n) is 13.2. The summed E-state index contributed by atoms with van der Waals surface area (Å²) in [7, 11) is 0. The third kappa shape index (κ3) is 6.74. The molecule has 0 saturated carbocycles. The maximum atomic E-state index is 5.28. The van der Waals surface area contributed by atoms with E-state index in [4.69, 9.17) is 15.0 Å². The van der Waals surface area contributed by atoms with Crippen LogP contribution in [0, 0.1) is 0 Å². The number of rotatable bonds is 8. The van der Waals surface area contributed by atoms with E-state index in [9.17, 15) is 0 Å². The quantitative estimate of drug-likeness (QED) is 0.159.